The van der Waals surface area contributed by atoms with Crippen LogP contribution in [0, 0.1) is 0 Å². The van der Waals surface area contributed by atoms with Crippen LogP contribution in [0.25, 0.3) is 5.57 Å². The summed E-state index contributed by atoms with van der Waals surface area (Å²) in [5, 5.41) is 3.09. The molecule has 3 N–H and O–H groups in total. The van der Waals surface area contributed by atoms with E-state index in [0.29, 0.717) is 17.3 Å². The van der Waals surface area contributed by atoms with Crippen molar-refractivity contribution >= 4 is 5.57 Å². The molecular formula is C15H18N2O2. The molecule has 0 bridgehead atoms. The second-order valence-electron chi connectivity index (χ2n) is 4.16. The molecule has 0 spiro atoms. The van der Waals surface area contributed by atoms with Gasteiger partial charge in [0.15, 0.2) is 11.5 Å². The second-order valence-corrected chi connectivity index (χ2v) is 4.16. The Labute approximate surface area is 113 Å². The summed E-state index contributed by atoms with van der Waals surface area (Å²) in [6, 6.07) is 5.69. The molecule has 0 saturated heterocycles. The van der Waals surface area contributed by atoms with Crippen molar-refractivity contribution in [2.75, 3.05) is 20.8 Å². The van der Waals surface area contributed by atoms with Gasteiger partial charge in [-0.15, -0.1) is 0 Å². The van der Waals surface area contributed by atoms with Crippen LogP contribution in [0.1, 0.15) is 5.56 Å². The zero-order valence-corrected chi connectivity index (χ0v) is 11.2. The van der Waals surface area contributed by atoms with Gasteiger partial charge in [0.25, 0.3) is 0 Å². The summed E-state index contributed by atoms with van der Waals surface area (Å²) in [7, 11) is 3.22. The highest BCUT2D eigenvalue weighted by molar-refractivity contribution is 5.82. The first-order chi connectivity index (χ1) is 9.17. The average molecular weight is 258 g/mol. The molecule has 4 heteroatoms. The minimum absolute atomic E-state index is 0.641. The topological polar surface area (TPSA) is 56.5 Å². The maximum Gasteiger partial charge on any atom is 0.161 e. The fraction of sp³-hybridized carbons (Fsp3) is 0.200. The van der Waals surface area contributed by atoms with E-state index < -0.39 is 0 Å². The number of dihydropyridines is 1. The molecule has 0 aromatic heterocycles. The van der Waals surface area contributed by atoms with Gasteiger partial charge in [-0.05, 0) is 23.3 Å². The van der Waals surface area contributed by atoms with Crippen LogP contribution in [0.2, 0.25) is 0 Å². The van der Waals surface area contributed by atoms with Crippen LogP contribution in [0.5, 0.6) is 11.5 Å². The van der Waals surface area contributed by atoms with Crippen LogP contribution < -0.4 is 20.5 Å². The quantitative estimate of drug-likeness (QED) is 0.868. The fourth-order valence-electron chi connectivity index (χ4n) is 1.97. The Hall–Kier alpha value is -2.36. The third kappa shape index (κ3) is 2.57. The lowest BCUT2D eigenvalue weighted by atomic mass is 9.97. The molecule has 100 valence electrons. The molecule has 0 atom stereocenters. The molecule has 1 aliphatic heterocycles. The first kappa shape index (κ1) is 13.1. The highest BCUT2D eigenvalue weighted by Crippen LogP contribution is 2.32. The van der Waals surface area contributed by atoms with Crippen molar-refractivity contribution in [3.05, 3.63) is 53.9 Å². The molecule has 0 unspecified atom stereocenters. The van der Waals surface area contributed by atoms with Crippen molar-refractivity contribution in [2.24, 2.45) is 5.73 Å². The largest absolute Gasteiger partial charge is 0.493 e. The van der Waals surface area contributed by atoms with Gasteiger partial charge >= 0.3 is 0 Å². The van der Waals surface area contributed by atoms with Gasteiger partial charge < -0.3 is 20.5 Å². The summed E-state index contributed by atoms with van der Waals surface area (Å²) in [5.74, 6) is 2.01. The molecule has 19 heavy (non-hydrogen) atoms. The van der Waals surface area contributed by atoms with E-state index in [1.165, 1.54) is 0 Å². The fourth-order valence-corrected chi connectivity index (χ4v) is 1.97. The lowest BCUT2D eigenvalue weighted by Gasteiger charge is -2.17. The van der Waals surface area contributed by atoms with Gasteiger partial charge in [-0.3, -0.25) is 0 Å². The van der Waals surface area contributed by atoms with E-state index in [4.69, 9.17) is 15.2 Å². The minimum Gasteiger partial charge on any atom is -0.493 e. The zero-order valence-electron chi connectivity index (χ0n) is 11.2. The van der Waals surface area contributed by atoms with Gasteiger partial charge in [0, 0.05) is 12.1 Å². The molecular weight excluding hydrogens is 240 g/mol. The van der Waals surface area contributed by atoms with Crippen LogP contribution in [0.4, 0.5) is 0 Å². The average Bonchev–Trinajstić information content (AvgIpc) is 2.46. The Kier molecular flexibility index (Phi) is 3.80. The maximum atomic E-state index is 5.94. The van der Waals surface area contributed by atoms with E-state index in [9.17, 15) is 0 Å². The number of benzene rings is 1. The van der Waals surface area contributed by atoms with Crippen molar-refractivity contribution < 1.29 is 9.47 Å². The third-order valence-electron chi connectivity index (χ3n) is 3.04. The van der Waals surface area contributed by atoms with Crippen molar-refractivity contribution in [3.8, 4) is 11.5 Å². The van der Waals surface area contributed by atoms with Crippen LogP contribution in [-0.2, 0) is 0 Å². The standard InChI is InChI=1S/C15H18N2O2/c1-10(12-5-4-8-17-15(12)16)11-6-7-13(18-2)14(9-11)19-3/h4-7,9,17H,1,8,16H2,2-3H3. The molecule has 0 fully saturated rings. The number of hydrogen-bond donors (Lipinski definition) is 2. The molecule has 2 rings (SSSR count). The Morgan fingerprint density at radius 3 is 2.63 bits per heavy atom. The third-order valence-corrected chi connectivity index (χ3v) is 3.04. The molecule has 0 aliphatic carbocycles. The van der Waals surface area contributed by atoms with E-state index >= 15 is 0 Å². The van der Waals surface area contributed by atoms with Gasteiger partial charge in [0.1, 0.15) is 5.82 Å². The van der Waals surface area contributed by atoms with Crippen molar-refractivity contribution in [1.82, 2.24) is 5.32 Å². The van der Waals surface area contributed by atoms with Gasteiger partial charge in [-0.1, -0.05) is 24.8 Å². The van der Waals surface area contributed by atoms with E-state index in [0.717, 1.165) is 23.3 Å². The Morgan fingerprint density at radius 1 is 1.26 bits per heavy atom. The first-order valence-corrected chi connectivity index (χ1v) is 5.99. The first-order valence-electron chi connectivity index (χ1n) is 5.99. The van der Waals surface area contributed by atoms with E-state index in [1.807, 2.05) is 30.4 Å². The second kappa shape index (κ2) is 5.52. The molecule has 1 aromatic rings. The van der Waals surface area contributed by atoms with Gasteiger partial charge in [0.05, 0.1) is 14.2 Å². The van der Waals surface area contributed by atoms with Gasteiger partial charge in [-0.25, -0.2) is 0 Å². The predicted octanol–water partition coefficient (Wildman–Crippen LogP) is 2.05. The molecule has 0 saturated carbocycles. The molecule has 1 aliphatic rings. The highest BCUT2D eigenvalue weighted by Gasteiger charge is 2.12. The number of allylic oxidation sites excluding steroid dienone is 3. The van der Waals surface area contributed by atoms with Crippen molar-refractivity contribution in [1.29, 1.82) is 0 Å². The smallest absolute Gasteiger partial charge is 0.161 e. The number of nitrogens with one attached hydrogen (secondary N) is 1. The van der Waals surface area contributed by atoms with Crippen molar-refractivity contribution in [3.63, 3.8) is 0 Å². The maximum absolute atomic E-state index is 5.94. The summed E-state index contributed by atoms with van der Waals surface area (Å²) in [4.78, 5) is 0. The molecule has 4 nitrogen and oxygen atoms in total. The number of hydrogen-bond acceptors (Lipinski definition) is 4. The molecule has 1 heterocycles. The minimum atomic E-state index is 0.641. The summed E-state index contributed by atoms with van der Waals surface area (Å²) in [6.45, 7) is 4.85. The number of nitrogens with two attached hydrogens (primary N) is 1. The molecule has 0 amide bonds. The summed E-state index contributed by atoms with van der Waals surface area (Å²) >= 11 is 0. The SMILES string of the molecule is C=C(C1=C(N)NCC=C1)c1ccc(OC)c(OC)c1. The number of rotatable bonds is 4. The summed E-state index contributed by atoms with van der Waals surface area (Å²) < 4.78 is 10.5. The van der Waals surface area contributed by atoms with Crippen LogP contribution >= 0.6 is 0 Å². The van der Waals surface area contributed by atoms with Crippen molar-refractivity contribution in [2.45, 2.75) is 0 Å². The molecule has 1 aromatic carbocycles. The highest BCUT2D eigenvalue weighted by atomic mass is 16.5. The number of methoxy groups -OCH3 is 2. The zero-order chi connectivity index (χ0) is 13.8. The lowest BCUT2D eigenvalue weighted by Crippen LogP contribution is -2.24. The normalized spacial score (nSPS) is 14.0. The van der Waals surface area contributed by atoms with E-state index in [2.05, 4.69) is 11.9 Å². The summed E-state index contributed by atoms with van der Waals surface area (Å²) in [5.41, 5.74) is 8.64. The van der Waals surface area contributed by atoms with Crippen LogP contribution in [0.15, 0.2) is 48.3 Å². The Balaban J connectivity index is 2.37. The van der Waals surface area contributed by atoms with Crippen LogP contribution in [-0.4, -0.2) is 20.8 Å². The van der Waals surface area contributed by atoms with E-state index in [1.54, 1.807) is 14.2 Å². The van der Waals surface area contributed by atoms with Crippen LogP contribution in [0.3, 0.4) is 0 Å². The van der Waals surface area contributed by atoms with Gasteiger partial charge in [0.2, 0.25) is 0 Å². The Morgan fingerprint density at radius 2 is 2.00 bits per heavy atom. The Bertz CT molecular complexity index is 559. The number of ether oxygens (including phenoxy) is 2. The molecule has 0 radical (unpaired) electrons. The van der Waals surface area contributed by atoms with E-state index in [-0.39, 0.29) is 0 Å². The summed E-state index contributed by atoms with van der Waals surface area (Å²) in [6.07, 6.45) is 3.99. The lowest BCUT2D eigenvalue weighted by molar-refractivity contribution is 0.355. The monoisotopic (exact) mass is 258 g/mol. The predicted molar refractivity (Wildman–Crippen MR) is 76.9 cm³/mol. The van der Waals surface area contributed by atoms with Gasteiger partial charge in [-0.2, -0.15) is 0 Å².